The van der Waals surface area contributed by atoms with Gasteiger partial charge in [0.2, 0.25) is 11.8 Å². The van der Waals surface area contributed by atoms with Crippen LogP contribution in [-0.2, 0) is 33.8 Å². The van der Waals surface area contributed by atoms with Crippen molar-refractivity contribution in [3.8, 4) is 5.75 Å². The summed E-state index contributed by atoms with van der Waals surface area (Å²) in [4.78, 5) is 45.8. The molecule has 3 aliphatic rings. The summed E-state index contributed by atoms with van der Waals surface area (Å²) in [5.74, 6) is -1.14. The summed E-state index contributed by atoms with van der Waals surface area (Å²) in [6, 6.07) is 21.1. The lowest BCUT2D eigenvalue weighted by Crippen LogP contribution is -2.46. The number of hydrogen-bond acceptors (Lipinski definition) is 6. The lowest BCUT2D eigenvalue weighted by atomic mass is 9.83. The van der Waals surface area contributed by atoms with E-state index in [1.807, 2.05) is 70.5 Å². The molecule has 0 aliphatic carbocycles. The molecule has 3 aliphatic heterocycles. The van der Waals surface area contributed by atoms with Crippen molar-refractivity contribution < 1.29 is 24.2 Å². The molecule has 6 rings (SSSR count). The van der Waals surface area contributed by atoms with Crippen molar-refractivity contribution in [3.63, 3.8) is 0 Å². The summed E-state index contributed by atoms with van der Waals surface area (Å²) in [7, 11) is 0. The normalized spacial score (nSPS) is 20.6. The van der Waals surface area contributed by atoms with E-state index in [0.29, 0.717) is 45.6 Å². The van der Waals surface area contributed by atoms with Crippen molar-refractivity contribution in [2.24, 2.45) is 11.7 Å². The minimum atomic E-state index is -0.886. The smallest absolute Gasteiger partial charge is 0.308 e. The highest BCUT2D eigenvalue weighted by Crippen LogP contribution is 2.42. The van der Waals surface area contributed by atoms with E-state index in [-0.39, 0.29) is 24.3 Å². The van der Waals surface area contributed by atoms with E-state index in [0.717, 1.165) is 58.6 Å². The second-order valence-corrected chi connectivity index (χ2v) is 12.3. The molecule has 236 valence electrons. The van der Waals surface area contributed by atoms with Gasteiger partial charge in [-0.15, -0.1) is 0 Å². The summed E-state index contributed by atoms with van der Waals surface area (Å²) in [6.45, 7) is 4.57. The van der Waals surface area contributed by atoms with Crippen LogP contribution in [0.5, 0.6) is 5.75 Å². The first-order valence-electron chi connectivity index (χ1n) is 16.1. The Morgan fingerprint density at radius 1 is 1.07 bits per heavy atom. The first-order chi connectivity index (χ1) is 21.9. The highest BCUT2D eigenvalue weighted by Gasteiger charge is 2.47. The van der Waals surface area contributed by atoms with Gasteiger partial charge in [-0.3, -0.25) is 19.3 Å². The SMILES string of the molecule is CCCCN(C(=O)CN1CC(c2ccc3c(c2)CCO3)C(C(=O)O)C1CCN1C(=O)Cc2ccccc21)c1cccc(CN)c1. The number of ether oxygens (including phenoxy) is 1. The van der Waals surface area contributed by atoms with Gasteiger partial charge in [0.25, 0.3) is 0 Å². The molecule has 1 fully saturated rings. The van der Waals surface area contributed by atoms with E-state index >= 15 is 0 Å². The predicted molar refractivity (Wildman–Crippen MR) is 174 cm³/mol. The number of rotatable bonds is 12. The van der Waals surface area contributed by atoms with Crippen molar-refractivity contribution in [3.05, 3.63) is 89.0 Å². The van der Waals surface area contributed by atoms with Gasteiger partial charge in [-0.05, 0) is 59.4 Å². The molecule has 9 nitrogen and oxygen atoms in total. The molecule has 3 heterocycles. The maximum atomic E-state index is 14.1. The number of nitrogens with zero attached hydrogens (tertiary/aromatic N) is 3. The first kappa shape index (κ1) is 30.8. The highest BCUT2D eigenvalue weighted by molar-refractivity contribution is 6.01. The number of aliphatic carboxylic acids is 1. The molecule has 0 radical (unpaired) electrons. The molecule has 0 saturated carbocycles. The van der Waals surface area contributed by atoms with Gasteiger partial charge >= 0.3 is 5.97 Å². The van der Waals surface area contributed by atoms with E-state index in [1.54, 1.807) is 4.90 Å². The average Bonchev–Trinajstić information content (AvgIpc) is 3.74. The van der Waals surface area contributed by atoms with Crippen LogP contribution in [0.3, 0.4) is 0 Å². The van der Waals surface area contributed by atoms with Gasteiger partial charge in [-0.25, -0.2) is 0 Å². The number of carboxylic acid groups (broad SMARTS) is 1. The molecule has 0 aromatic heterocycles. The van der Waals surface area contributed by atoms with Crippen LogP contribution in [0.4, 0.5) is 11.4 Å². The van der Waals surface area contributed by atoms with E-state index in [4.69, 9.17) is 10.5 Å². The Balaban J connectivity index is 1.30. The number of carboxylic acids is 1. The second-order valence-electron chi connectivity index (χ2n) is 12.3. The minimum absolute atomic E-state index is 0.0180. The number of likely N-dealkylation sites (tertiary alicyclic amines) is 1. The Labute approximate surface area is 264 Å². The maximum Gasteiger partial charge on any atom is 0.308 e. The Morgan fingerprint density at radius 2 is 1.91 bits per heavy atom. The van der Waals surface area contributed by atoms with Crippen molar-refractivity contribution in [1.82, 2.24) is 4.90 Å². The van der Waals surface area contributed by atoms with Gasteiger partial charge in [0, 0.05) is 55.9 Å². The molecule has 3 N–H and O–H groups in total. The third-order valence-electron chi connectivity index (χ3n) is 9.58. The predicted octanol–water partition coefficient (Wildman–Crippen LogP) is 4.36. The molecule has 1 saturated heterocycles. The van der Waals surface area contributed by atoms with E-state index in [9.17, 15) is 19.5 Å². The Morgan fingerprint density at radius 3 is 2.71 bits per heavy atom. The van der Waals surface area contributed by atoms with E-state index in [2.05, 4.69) is 13.0 Å². The molecule has 3 unspecified atom stereocenters. The summed E-state index contributed by atoms with van der Waals surface area (Å²) in [5, 5.41) is 10.7. The van der Waals surface area contributed by atoms with Crippen LogP contribution in [0.1, 0.15) is 54.4 Å². The molecule has 45 heavy (non-hydrogen) atoms. The molecule has 0 spiro atoms. The number of carbonyl (C=O) groups is 3. The van der Waals surface area contributed by atoms with Crippen LogP contribution >= 0.6 is 0 Å². The molecular weight excluding hydrogens is 568 g/mol. The average molecular weight is 611 g/mol. The topological polar surface area (TPSA) is 116 Å². The third kappa shape index (κ3) is 6.32. The number of carbonyl (C=O) groups excluding carboxylic acids is 2. The van der Waals surface area contributed by atoms with Crippen LogP contribution in [0, 0.1) is 5.92 Å². The monoisotopic (exact) mass is 610 g/mol. The van der Waals surface area contributed by atoms with Crippen molar-refractivity contribution in [1.29, 1.82) is 0 Å². The summed E-state index contributed by atoms with van der Waals surface area (Å²) in [6.07, 6.45) is 3.36. The lowest BCUT2D eigenvalue weighted by Gasteiger charge is -2.31. The number of anilines is 2. The fraction of sp³-hybridized carbons (Fsp3) is 0.417. The standard InChI is InChI=1S/C36H42N4O5/c1-2-3-15-39(28-9-6-7-24(18-28)21-37)34(42)23-38-22-29(25-11-12-32-27(19-25)14-17-45-32)35(36(43)44)31(38)13-16-40-30-10-5-4-8-26(30)20-33(40)41/h4-12,18-19,29,31,35H,2-3,13-17,20-23,37H2,1H3,(H,43,44). The van der Waals surface area contributed by atoms with Gasteiger partial charge in [-0.2, -0.15) is 0 Å². The molecule has 2 amide bonds. The number of fused-ring (bicyclic) bond motifs is 2. The third-order valence-corrected chi connectivity index (χ3v) is 9.58. The maximum absolute atomic E-state index is 14.1. The van der Waals surface area contributed by atoms with Crippen molar-refractivity contribution in [2.75, 3.05) is 42.6 Å². The number of benzene rings is 3. The quantitative estimate of drug-likeness (QED) is 0.313. The number of hydrogen-bond donors (Lipinski definition) is 2. The largest absolute Gasteiger partial charge is 0.493 e. The Hall–Kier alpha value is -4.21. The fourth-order valence-corrected chi connectivity index (χ4v) is 7.27. The molecular formula is C36H42N4O5. The molecule has 3 aromatic carbocycles. The van der Waals surface area contributed by atoms with Gasteiger partial charge in [0.15, 0.2) is 0 Å². The molecule has 0 bridgehead atoms. The fourth-order valence-electron chi connectivity index (χ4n) is 7.27. The number of para-hydroxylation sites is 1. The van der Waals surface area contributed by atoms with E-state index in [1.165, 1.54) is 0 Å². The van der Waals surface area contributed by atoms with Gasteiger partial charge < -0.3 is 25.4 Å². The van der Waals surface area contributed by atoms with Crippen LogP contribution in [-0.4, -0.2) is 66.6 Å². The van der Waals surface area contributed by atoms with Crippen molar-refractivity contribution >= 4 is 29.2 Å². The van der Waals surface area contributed by atoms with Crippen LogP contribution < -0.4 is 20.3 Å². The zero-order valence-corrected chi connectivity index (χ0v) is 25.9. The van der Waals surface area contributed by atoms with Crippen molar-refractivity contribution in [2.45, 2.75) is 57.5 Å². The van der Waals surface area contributed by atoms with E-state index < -0.39 is 17.9 Å². The number of unbranched alkanes of at least 4 members (excludes halogenated alkanes) is 1. The van der Waals surface area contributed by atoms with Gasteiger partial charge in [0.1, 0.15) is 5.75 Å². The second kappa shape index (κ2) is 13.4. The number of nitrogens with two attached hydrogens (primary N) is 1. The number of amides is 2. The Bertz CT molecular complexity index is 1570. The van der Waals surface area contributed by atoms with Gasteiger partial charge in [-0.1, -0.05) is 55.8 Å². The minimum Gasteiger partial charge on any atom is -0.493 e. The molecule has 3 aromatic rings. The van der Waals surface area contributed by atoms with Gasteiger partial charge in [0.05, 0.1) is 25.5 Å². The summed E-state index contributed by atoms with van der Waals surface area (Å²) < 4.78 is 5.71. The lowest BCUT2D eigenvalue weighted by molar-refractivity contribution is -0.143. The van der Waals surface area contributed by atoms with Crippen LogP contribution in [0.2, 0.25) is 0 Å². The Kier molecular flexibility index (Phi) is 9.19. The van der Waals surface area contributed by atoms with Crippen LogP contribution in [0.25, 0.3) is 0 Å². The molecule has 3 atom stereocenters. The van der Waals surface area contributed by atoms with Crippen LogP contribution in [0.15, 0.2) is 66.7 Å². The zero-order valence-electron chi connectivity index (χ0n) is 25.9. The molecule has 9 heteroatoms. The summed E-state index contributed by atoms with van der Waals surface area (Å²) >= 11 is 0. The first-order valence-corrected chi connectivity index (χ1v) is 16.1. The zero-order chi connectivity index (χ0) is 31.5. The highest BCUT2D eigenvalue weighted by atomic mass is 16.5. The summed E-state index contributed by atoms with van der Waals surface area (Å²) in [5.41, 5.74) is 11.6.